The SMILES string of the molecule is Nc1cc(C(=O)NCCc2cccc(F)c2)cc(Cl)n1. The van der Waals surface area contributed by atoms with Crippen molar-refractivity contribution in [1.82, 2.24) is 10.3 Å². The van der Waals surface area contributed by atoms with Crippen LogP contribution < -0.4 is 11.1 Å². The molecule has 1 aromatic heterocycles. The highest BCUT2D eigenvalue weighted by Crippen LogP contribution is 2.12. The van der Waals surface area contributed by atoms with E-state index in [0.29, 0.717) is 18.5 Å². The molecule has 0 saturated heterocycles. The zero-order valence-corrected chi connectivity index (χ0v) is 11.3. The monoisotopic (exact) mass is 293 g/mol. The lowest BCUT2D eigenvalue weighted by Crippen LogP contribution is -2.25. The van der Waals surface area contributed by atoms with E-state index in [2.05, 4.69) is 10.3 Å². The summed E-state index contributed by atoms with van der Waals surface area (Å²) >= 11 is 5.73. The van der Waals surface area contributed by atoms with Crippen LogP contribution >= 0.6 is 11.6 Å². The quantitative estimate of drug-likeness (QED) is 0.851. The van der Waals surface area contributed by atoms with Gasteiger partial charge in [-0.25, -0.2) is 9.37 Å². The molecule has 0 unspecified atom stereocenters. The van der Waals surface area contributed by atoms with Crippen molar-refractivity contribution in [3.63, 3.8) is 0 Å². The molecule has 0 aliphatic heterocycles. The number of hydrogen-bond donors (Lipinski definition) is 2. The summed E-state index contributed by atoms with van der Waals surface area (Å²) in [5.74, 6) is -0.396. The maximum atomic E-state index is 13.0. The summed E-state index contributed by atoms with van der Waals surface area (Å²) in [6.07, 6.45) is 0.539. The fraction of sp³-hybridized carbons (Fsp3) is 0.143. The third kappa shape index (κ3) is 3.93. The van der Waals surface area contributed by atoms with Gasteiger partial charge in [-0.2, -0.15) is 0 Å². The largest absolute Gasteiger partial charge is 0.384 e. The van der Waals surface area contributed by atoms with Gasteiger partial charge in [0.15, 0.2) is 0 Å². The molecular weight excluding hydrogens is 281 g/mol. The second kappa shape index (κ2) is 6.34. The van der Waals surface area contributed by atoms with E-state index in [4.69, 9.17) is 17.3 Å². The first-order valence-corrected chi connectivity index (χ1v) is 6.38. The summed E-state index contributed by atoms with van der Waals surface area (Å²) < 4.78 is 13.0. The number of aromatic nitrogens is 1. The van der Waals surface area contributed by atoms with Gasteiger partial charge in [-0.05, 0) is 36.2 Å². The number of carbonyl (C=O) groups excluding carboxylic acids is 1. The Bertz CT molecular complexity index is 613. The number of nitrogens with one attached hydrogen (secondary N) is 1. The molecule has 0 fully saturated rings. The molecule has 2 rings (SSSR count). The lowest BCUT2D eigenvalue weighted by Gasteiger charge is -2.06. The number of nitrogens with zero attached hydrogens (tertiary/aromatic N) is 1. The van der Waals surface area contributed by atoms with Crippen molar-refractivity contribution in [3.8, 4) is 0 Å². The van der Waals surface area contributed by atoms with Crippen molar-refractivity contribution in [2.75, 3.05) is 12.3 Å². The molecule has 4 nitrogen and oxygen atoms in total. The van der Waals surface area contributed by atoms with Crippen LogP contribution in [0.5, 0.6) is 0 Å². The second-order valence-electron chi connectivity index (χ2n) is 4.24. The normalized spacial score (nSPS) is 10.3. The number of halogens is 2. The van der Waals surface area contributed by atoms with Gasteiger partial charge in [0, 0.05) is 12.1 Å². The maximum Gasteiger partial charge on any atom is 0.251 e. The predicted octanol–water partition coefficient (Wildman–Crippen LogP) is 2.43. The topological polar surface area (TPSA) is 68.0 Å². The Balaban J connectivity index is 1.92. The molecule has 0 spiro atoms. The van der Waals surface area contributed by atoms with Crippen molar-refractivity contribution in [1.29, 1.82) is 0 Å². The van der Waals surface area contributed by atoms with Gasteiger partial charge in [0.05, 0.1) is 0 Å². The smallest absolute Gasteiger partial charge is 0.251 e. The maximum absolute atomic E-state index is 13.0. The molecule has 0 saturated carbocycles. The van der Waals surface area contributed by atoms with Crippen LogP contribution in [0.15, 0.2) is 36.4 Å². The van der Waals surface area contributed by atoms with Gasteiger partial charge in [-0.3, -0.25) is 4.79 Å². The van der Waals surface area contributed by atoms with Gasteiger partial charge in [0.1, 0.15) is 16.8 Å². The molecule has 0 aliphatic carbocycles. The Morgan fingerprint density at radius 3 is 2.85 bits per heavy atom. The summed E-state index contributed by atoms with van der Waals surface area (Å²) in [5.41, 5.74) is 6.68. The molecule has 104 valence electrons. The van der Waals surface area contributed by atoms with Crippen LogP contribution in [0.2, 0.25) is 5.15 Å². The fourth-order valence-corrected chi connectivity index (χ4v) is 1.98. The number of benzene rings is 1. The molecule has 0 atom stereocenters. The van der Waals surface area contributed by atoms with Gasteiger partial charge in [-0.1, -0.05) is 23.7 Å². The third-order valence-electron chi connectivity index (χ3n) is 2.66. The minimum atomic E-state index is -0.294. The van der Waals surface area contributed by atoms with E-state index >= 15 is 0 Å². The van der Waals surface area contributed by atoms with Gasteiger partial charge < -0.3 is 11.1 Å². The van der Waals surface area contributed by atoms with Crippen molar-refractivity contribution >= 4 is 23.3 Å². The summed E-state index contributed by atoms with van der Waals surface area (Å²) in [6, 6.07) is 9.14. The summed E-state index contributed by atoms with van der Waals surface area (Å²) in [4.78, 5) is 15.7. The average Bonchev–Trinajstić information content (AvgIpc) is 2.37. The Labute approximate surface area is 120 Å². The Morgan fingerprint density at radius 2 is 2.15 bits per heavy atom. The number of amides is 1. The zero-order valence-electron chi connectivity index (χ0n) is 10.6. The van der Waals surface area contributed by atoms with Gasteiger partial charge in [0.25, 0.3) is 5.91 Å². The van der Waals surface area contributed by atoms with Crippen LogP contribution in [0.1, 0.15) is 15.9 Å². The highest BCUT2D eigenvalue weighted by molar-refractivity contribution is 6.29. The zero-order chi connectivity index (χ0) is 14.5. The molecule has 1 amide bonds. The van der Waals surface area contributed by atoms with Gasteiger partial charge >= 0.3 is 0 Å². The molecule has 3 N–H and O–H groups in total. The highest BCUT2D eigenvalue weighted by atomic mass is 35.5. The molecule has 0 bridgehead atoms. The molecule has 1 heterocycles. The number of anilines is 1. The van der Waals surface area contributed by atoms with Crippen molar-refractivity contribution in [2.24, 2.45) is 0 Å². The Kier molecular flexibility index (Phi) is 4.53. The predicted molar refractivity (Wildman–Crippen MR) is 76.1 cm³/mol. The summed E-state index contributed by atoms with van der Waals surface area (Å²) in [5, 5.41) is 2.88. The number of nitrogens with two attached hydrogens (primary N) is 1. The lowest BCUT2D eigenvalue weighted by molar-refractivity contribution is 0.0954. The first-order valence-electron chi connectivity index (χ1n) is 6.00. The highest BCUT2D eigenvalue weighted by Gasteiger charge is 2.07. The number of nitrogen functional groups attached to an aromatic ring is 1. The van der Waals surface area contributed by atoms with E-state index in [1.165, 1.54) is 24.3 Å². The third-order valence-corrected chi connectivity index (χ3v) is 2.86. The number of rotatable bonds is 4. The standard InChI is InChI=1S/C14H13ClFN3O/c15-12-7-10(8-13(17)19-12)14(20)18-5-4-9-2-1-3-11(16)6-9/h1-3,6-8H,4-5H2,(H2,17,19)(H,18,20). The molecule has 1 aromatic carbocycles. The molecule has 20 heavy (non-hydrogen) atoms. The van der Waals surface area contributed by atoms with Crippen LogP contribution in [0.3, 0.4) is 0 Å². The molecule has 0 aliphatic rings. The number of hydrogen-bond acceptors (Lipinski definition) is 3. The minimum absolute atomic E-state index is 0.167. The van der Waals surface area contributed by atoms with E-state index in [0.717, 1.165) is 5.56 Å². The van der Waals surface area contributed by atoms with E-state index < -0.39 is 0 Å². The Morgan fingerprint density at radius 1 is 1.35 bits per heavy atom. The first kappa shape index (κ1) is 14.3. The van der Waals surface area contributed by atoms with E-state index in [1.807, 2.05) is 0 Å². The van der Waals surface area contributed by atoms with Gasteiger partial charge in [0.2, 0.25) is 0 Å². The molecule has 2 aromatic rings. The average molecular weight is 294 g/mol. The summed E-state index contributed by atoms with van der Waals surface area (Å²) in [6.45, 7) is 0.391. The second-order valence-corrected chi connectivity index (χ2v) is 4.63. The summed E-state index contributed by atoms with van der Waals surface area (Å²) in [7, 11) is 0. The lowest BCUT2D eigenvalue weighted by atomic mass is 10.1. The van der Waals surface area contributed by atoms with Gasteiger partial charge in [-0.15, -0.1) is 0 Å². The van der Waals surface area contributed by atoms with E-state index in [-0.39, 0.29) is 22.7 Å². The van der Waals surface area contributed by atoms with E-state index in [1.54, 1.807) is 12.1 Å². The van der Waals surface area contributed by atoms with Crippen molar-refractivity contribution in [3.05, 3.63) is 58.5 Å². The van der Waals surface area contributed by atoms with Crippen LogP contribution in [0, 0.1) is 5.82 Å². The van der Waals surface area contributed by atoms with Crippen LogP contribution in [-0.4, -0.2) is 17.4 Å². The van der Waals surface area contributed by atoms with Crippen LogP contribution in [0.4, 0.5) is 10.2 Å². The molecular formula is C14H13ClFN3O. The minimum Gasteiger partial charge on any atom is -0.384 e. The molecule has 0 radical (unpaired) electrons. The number of carbonyl (C=O) groups is 1. The molecule has 6 heteroatoms. The van der Waals surface area contributed by atoms with Crippen LogP contribution in [-0.2, 0) is 6.42 Å². The van der Waals surface area contributed by atoms with Crippen molar-refractivity contribution in [2.45, 2.75) is 6.42 Å². The Hall–Kier alpha value is -2.14. The van der Waals surface area contributed by atoms with Crippen molar-refractivity contribution < 1.29 is 9.18 Å². The van der Waals surface area contributed by atoms with E-state index in [9.17, 15) is 9.18 Å². The van der Waals surface area contributed by atoms with Crippen LogP contribution in [0.25, 0.3) is 0 Å². The fourth-order valence-electron chi connectivity index (χ4n) is 1.76. The number of pyridine rings is 1. The first-order chi connectivity index (χ1) is 9.54.